The van der Waals surface area contributed by atoms with Crippen LogP contribution >= 0.6 is 0 Å². The molecule has 0 aromatic carbocycles. The number of hydrogen-bond acceptors (Lipinski definition) is 3. The molecule has 2 saturated carbocycles. The second kappa shape index (κ2) is 7.77. The van der Waals surface area contributed by atoms with E-state index < -0.39 is 10.8 Å². The van der Waals surface area contributed by atoms with Gasteiger partial charge in [-0.05, 0) is 25.7 Å². The molecule has 0 aromatic heterocycles. The smallest absolute Gasteiger partial charge is 0.315 e. The monoisotopic (exact) mass is 330 g/mol. The van der Waals surface area contributed by atoms with Crippen LogP contribution in [-0.4, -0.2) is 45.0 Å². The van der Waals surface area contributed by atoms with Gasteiger partial charge in [-0.3, -0.25) is 4.21 Å². The molecule has 0 aromatic rings. The molecule has 128 valence electrons. The van der Waals surface area contributed by atoms with Crippen LogP contribution in [0.5, 0.6) is 0 Å². The van der Waals surface area contributed by atoms with Crippen LogP contribution in [0.4, 0.5) is 4.79 Å². The van der Waals surface area contributed by atoms with Crippen LogP contribution in [0.1, 0.15) is 58.8 Å². The topological polar surface area (TPSA) is 78.4 Å². The summed E-state index contributed by atoms with van der Waals surface area (Å²) in [6.07, 6.45) is 6.92. The van der Waals surface area contributed by atoms with Crippen LogP contribution in [-0.2, 0) is 10.8 Å². The quantitative estimate of drug-likeness (QED) is 0.720. The summed E-state index contributed by atoms with van der Waals surface area (Å²) in [6, 6.07) is -0.135. The average Bonchev–Trinajstić information content (AvgIpc) is 2.88. The SMILES string of the molecule is CCS(=O)C1CCCCC1NC(=O)NC1CCCC1(C)CO. The molecule has 0 radical (unpaired) electrons. The maximum atomic E-state index is 12.3. The minimum Gasteiger partial charge on any atom is -0.396 e. The van der Waals surface area contributed by atoms with Crippen LogP contribution in [0, 0.1) is 5.41 Å². The van der Waals surface area contributed by atoms with Crippen LogP contribution in [0.15, 0.2) is 0 Å². The van der Waals surface area contributed by atoms with Crippen molar-refractivity contribution in [3.05, 3.63) is 0 Å². The average molecular weight is 330 g/mol. The van der Waals surface area contributed by atoms with E-state index in [0.29, 0.717) is 5.75 Å². The van der Waals surface area contributed by atoms with Crippen LogP contribution in [0.3, 0.4) is 0 Å². The third-order valence-corrected chi connectivity index (χ3v) is 7.20. The Morgan fingerprint density at radius 1 is 1.23 bits per heavy atom. The Balaban J connectivity index is 1.91. The molecule has 0 bridgehead atoms. The van der Waals surface area contributed by atoms with Gasteiger partial charge in [0, 0.05) is 34.1 Å². The highest BCUT2D eigenvalue weighted by atomic mass is 32.2. The lowest BCUT2D eigenvalue weighted by atomic mass is 9.86. The van der Waals surface area contributed by atoms with Crippen molar-refractivity contribution in [1.82, 2.24) is 10.6 Å². The van der Waals surface area contributed by atoms with Gasteiger partial charge < -0.3 is 15.7 Å². The Hall–Kier alpha value is -0.620. The summed E-state index contributed by atoms with van der Waals surface area (Å²) >= 11 is 0. The maximum Gasteiger partial charge on any atom is 0.315 e. The van der Waals surface area contributed by atoms with Crippen molar-refractivity contribution in [2.45, 2.75) is 76.1 Å². The predicted molar refractivity (Wildman–Crippen MR) is 89.2 cm³/mol. The lowest BCUT2D eigenvalue weighted by Crippen LogP contribution is -2.54. The molecule has 2 aliphatic rings. The number of aliphatic hydroxyl groups is 1. The molecule has 3 N–H and O–H groups in total. The largest absolute Gasteiger partial charge is 0.396 e. The minimum absolute atomic E-state index is 0.0105. The highest BCUT2D eigenvalue weighted by Gasteiger charge is 2.39. The lowest BCUT2D eigenvalue weighted by molar-refractivity contribution is 0.120. The normalized spacial score (nSPS) is 36.8. The number of hydrogen-bond donors (Lipinski definition) is 3. The molecule has 22 heavy (non-hydrogen) atoms. The van der Waals surface area contributed by atoms with Crippen LogP contribution in [0.2, 0.25) is 0 Å². The number of urea groups is 1. The molecule has 2 rings (SSSR count). The van der Waals surface area contributed by atoms with E-state index in [1.54, 1.807) is 0 Å². The van der Waals surface area contributed by atoms with E-state index in [4.69, 9.17) is 0 Å². The van der Waals surface area contributed by atoms with Gasteiger partial charge in [0.15, 0.2) is 0 Å². The van der Waals surface area contributed by atoms with E-state index in [2.05, 4.69) is 10.6 Å². The number of carbonyl (C=O) groups is 1. The molecule has 0 heterocycles. The summed E-state index contributed by atoms with van der Waals surface area (Å²) in [6.45, 7) is 4.07. The fourth-order valence-corrected chi connectivity index (χ4v) is 5.26. The molecular formula is C16H30N2O3S. The Bertz CT molecular complexity index is 418. The number of nitrogens with one attached hydrogen (secondary N) is 2. The van der Waals surface area contributed by atoms with Crippen molar-refractivity contribution in [2.75, 3.05) is 12.4 Å². The Kier molecular flexibility index (Phi) is 6.26. The van der Waals surface area contributed by atoms with E-state index in [9.17, 15) is 14.1 Å². The molecule has 0 aliphatic heterocycles. The first-order chi connectivity index (χ1) is 10.5. The van der Waals surface area contributed by atoms with Crippen molar-refractivity contribution in [1.29, 1.82) is 0 Å². The second-order valence-electron chi connectivity index (χ2n) is 6.97. The molecule has 5 unspecified atom stereocenters. The van der Waals surface area contributed by atoms with E-state index in [1.807, 2.05) is 13.8 Å². The Labute approximate surface area is 136 Å². The van der Waals surface area contributed by atoms with Crippen molar-refractivity contribution in [2.24, 2.45) is 5.41 Å². The van der Waals surface area contributed by atoms with Gasteiger partial charge >= 0.3 is 6.03 Å². The third kappa shape index (κ3) is 4.02. The zero-order valence-electron chi connectivity index (χ0n) is 13.8. The number of rotatable bonds is 5. The summed E-state index contributed by atoms with van der Waals surface area (Å²) in [4.78, 5) is 12.3. The molecule has 5 atom stereocenters. The van der Waals surface area contributed by atoms with Gasteiger partial charge in [0.05, 0.1) is 11.9 Å². The summed E-state index contributed by atoms with van der Waals surface area (Å²) in [5.74, 6) is 0.648. The van der Waals surface area contributed by atoms with E-state index in [0.717, 1.165) is 44.9 Å². The molecule has 0 spiro atoms. The second-order valence-corrected chi connectivity index (χ2v) is 8.92. The van der Waals surface area contributed by atoms with Gasteiger partial charge in [-0.25, -0.2) is 4.79 Å². The van der Waals surface area contributed by atoms with E-state index in [1.165, 1.54) is 0 Å². The van der Waals surface area contributed by atoms with Gasteiger partial charge in [-0.1, -0.05) is 33.1 Å². The lowest BCUT2D eigenvalue weighted by Gasteiger charge is -2.34. The van der Waals surface area contributed by atoms with Crippen molar-refractivity contribution >= 4 is 16.8 Å². The molecule has 2 fully saturated rings. The molecule has 6 heteroatoms. The van der Waals surface area contributed by atoms with Crippen LogP contribution < -0.4 is 10.6 Å². The van der Waals surface area contributed by atoms with E-state index >= 15 is 0 Å². The molecule has 5 nitrogen and oxygen atoms in total. The van der Waals surface area contributed by atoms with Gasteiger partial charge in [-0.15, -0.1) is 0 Å². The summed E-state index contributed by atoms with van der Waals surface area (Å²) < 4.78 is 12.2. The number of amides is 2. The number of carbonyl (C=O) groups excluding carboxylic acids is 1. The van der Waals surface area contributed by atoms with Gasteiger partial charge in [-0.2, -0.15) is 0 Å². The predicted octanol–water partition coefficient (Wildman–Crippen LogP) is 1.92. The summed E-state index contributed by atoms with van der Waals surface area (Å²) in [7, 11) is -0.863. The van der Waals surface area contributed by atoms with Crippen LogP contribution in [0.25, 0.3) is 0 Å². The zero-order valence-corrected chi connectivity index (χ0v) is 14.6. The highest BCUT2D eigenvalue weighted by molar-refractivity contribution is 7.85. The third-order valence-electron chi connectivity index (χ3n) is 5.39. The minimum atomic E-state index is -0.863. The van der Waals surface area contributed by atoms with Crippen molar-refractivity contribution in [3.63, 3.8) is 0 Å². The highest BCUT2D eigenvalue weighted by Crippen LogP contribution is 2.37. The van der Waals surface area contributed by atoms with Gasteiger partial charge in [0.2, 0.25) is 0 Å². The molecular weight excluding hydrogens is 300 g/mol. The standard InChI is InChI=1S/C16H30N2O3S/c1-3-22(21)13-8-5-4-7-12(13)17-15(20)18-14-9-6-10-16(14,2)11-19/h12-14,19H,3-11H2,1-2H3,(H2,17,18,20). The Morgan fingerprint density at radius 2 is 1.95 bits per heavy atom. The van der Waals surface area contributed by atoms with Crippen molar-refractivity contribution in [3.8, 4) is 0 Å². The first-order valence-electron chi connectivity index (χ1n) is 8.55. The first-order valence-corrected chi connectivity index (χ1v) is 9.93. The summed E-state index contributed by atoms with van der Waals surface area (Å²) in [5, 5.41) is 15.7. The molecule has 2 aliphatic carbocycles. The van der Waals surface area contributed by atoms with Gasteiger partial charge in [0.25, 0.3) is 0 Å². The fraction of sp³-hybridized carbons (Fsp3) is 0.938. The zero-order chi connectivity index (χ0) is 16.2. The molecule has 0 saturated heterocycles. The first kappa shape index (κ1) is 17.7. The summed E-state index contributed by atoms with van der Waals surface area (Å²) in [5.41, 5.74) is -0.213. The van der Waals surface area contributed by atoms with Gasteiger partial charge in [0.1, 0.15) is 0 Å². The number of aliphatic hydroxyl groups excluding tert-OH is 1. The van der Waals surface area contributed by atoms with Crippen molar-refractivity contribution < 1.29 is 14.1 Å². The molecule has 2 amide bonds. The van der Waals surface area contributed by atoms with E-state index in [-0.39, 0.29) is 35.4 Å². The Morgan fingerprint density at radius 3 is 2.64 bits per heavy atom. The maximum absolute atomic E-state index is 12.3. The fourth-order valence-electron chi connectivity index (χ4n) is 3.83.